The molecule has 0 saturated heterocycles. The lowest BCUT2D eigenvalue weighted by atomic mass is 10.0. The van der Waals surface area contributed by atoms with E-state index in [-0.39, 0.29) is 11.6 Å². The molecule has 2 rings (SSSR count). The number of nitriles is 1. The van der Waals surface area contributed by atoms with Crippen LogP contribution >= 0.6 is 0 Å². The Labute approximate surface area is 99.2 Å². The first kappa shape index (κ1) is 11.1. The van der Waals surface area contributed by atoms with Crippen LogP contribution in [0.1, 0.15) is 6.92 Å². The molecular formula is C12H10N5-. The van der Waals surface area contributed by atoms with E-state index in [0.29, 0.717) is 0 Å². The minimum atomic E-state index is -0.396. The Morgan fingerprint density at radius 1 is 1.41 bits per heavy atom. The molecule has 1 aromatic rings. The van der Waals surface area contributed by atoms with Crippen LogP contribution in [0.5, 0.6) is 0 Å². The zero-order chi connectivity index (χ0) is 12.3. The van der Waals surface area contributed by atoms with E-state index in [1.807, 2.05) is 49.2 Å². The van der Waals surface area contributed by atoms with Crippen molar-refractivity contribution in [3.8, 4) is 6.07 Å². The largest absolute Gasteiger partial charge is 0.762 e. The topological polar surface area (TPSA) is 74.1 Å². The van der Waals surface area contributed by atoms with E-state index in [1.54, 1.807) is 5.01 Å². The van der Waals surface area contributed by atoms with Crippen molar-refractivity contribution in [2.45, 2.75) is 19.0 Å². The van der Waals surface area contributed by atoms with Crippen molar-refractivity contribution in [2.75, 3.05) is 5.01 Å². The van der Waals surface area contributed by atoms with Crippen LogP contribution in [-0.4, -0.2) is 18.0 Å². The Kier molecular flexibility index (Phi) is 2.99. The van der Waals surface area contributed by atoms with E-state index in [9.17, 15) is 0 Å². The molecule has 1 aromatic carbocycles. The van der Waals surface area contributed by atoms with Crippen LogP contribution in [0.4, 0.5) is 5.69 Å². The molecule has 0 bridgehead atoms. The summed E-state index contributed by atoms with van der Waals surface area (Å²) in [5.41, 5.74) is 0.958. The van der Waals surface area contributed by atoms with Gasteiger partial charge in [-0.25, -0.2) is 5.01 Å². The lowest BCUT2D eigenvalue weighted by Gasteiger charge is -2.23. The SMILES string of the molecule is C[C@H]1N=NN(c2ccccc2)[C@@H]1C(=C=[N-])C#N. The van der Waals surface area contributed by atoms with E-state index in [0.717, 1.165) is 5.69 Å². The molecule has 0 N–H and O–H groups in total. The van der Waals surface area contributed by atoms with Gasteiger partial charge in [-0.2, -0.15) is 10.4 Å². The van der Waals surface area contributed by atoms with Gasteiger partial charge in [0.2, 0.25) is 0 Å². The van der Waals surface area contributed by atoms with Crippen molar-refractivity contribution < 1.29 is 0 Å². The van der Waals surface area contributed by atoms with Gasteiger partial charge in [-0.05, 0) is 19.1 Å². The van der Waals surface area contributed by atoms with Crippen molar-refractivity contribution in [2.24, 2.45) is 10.3 Å². The molecule has 84 valence electrons. The van der Waals surface area contributed by atoms with E-state index < -0.39 is 6.04 Å². The van der Waals surface area contributed by atoms with Gasteiger partial charge in [-0.3, -0.25) is 5.87 Å². The maximum absolute atomic E-state index is 8.95. The van der Waals surface area contributed by atoms with Crippen LogP contribution < -0.4 is 5.01 Å². The van der Waals surface area contributed by atoms with Gasteiger partial charge in [0, 0.05) is 0 Å². The molecule has 0 radical (unpaired) electrons. The Morgan fingerprint density at radius 2 is 2.12 bits per heavy atom. The van der Waals surface area contributed by atoms with Crippen LogP contribution in [0.2, 0.25) is 0 Å². The van der Waals surface area contributed by atoms with E-state index in [2.05, 4.69) is 10.3 Å². The van der Waals surface area contributed by atoms with E-state index in [1.165, 1.54) is 0 Å². The maximum Gasteiger partial charge on any atom is 0.118 e. The van der Waals surface area contributed by atoms with Crippen LogP contribution in [0, 0.1) is 11.3 Å². The number of benzene rings is 1. The Bertz CT molecular complexity index is 522. The van der Waals surface area contributed by atoms with Crippen molar-refractivity contribution >= 4 is 11.6 Å². The molecule has 0 amide bonds. The Morgan fingerprint density at radius 3 is 2.71 bits per heavy atom. The average molecular weight is 224 g/mol. The molecule has 0 spiro atoms. The fraction of sp³-hybridized carbons (Fsp3) is 0.250. The van der Waals surface area contributed by atoms with Crippen LogP contribution in [0.3, 0.4) is 0 Å². The first-order valence-corrected chi connectivity index (χ1v) is 5.20. The standard InChI is InChI=1S/C12H10N5/c1-9-12(10(7-13)8-14)17(16-15-9)11-5-3-2-4-6-11/h2-6,9,12H,1H3/q-1/t9-,12+/m1/s1. The predicted molar refractivity (Wildman–Crippen MR) is 64.5 cm³/mol. The Hall–Kier alpha value is -2.44. The minimum absolute atomic E-state index is 0.131. The highest BCUT2D eigenvalue weighted by Crippen LogP contribution is 2.28. The monoisotopic (exact) mass is 224 g/mol. The first-order chi connectivity index (χ1) is 8.27. The summed E-state index contributed by atoms with van der Waals surface area (Å²) in [6, 6.07) is 10.7. The van der Waals surface area contributed by atoms with Crippen molar-refractivity contribution in [1.82, 2.24) is 0 Å². The number of anilines is 1. The van der Waals surface area contributed by atoms with Crippen molar-refractivity contribution in [3.05, 3.63) is 41.3 Å². The number of para-hydroxylation sites is 1. The highest BCUT2D eigenvalue weighted by Gasteiger charge is 2.33. The van der Waals surface area contributed by atoms with Gasteiger partial charge in [0.05, 0.1) is 17.3 Å². The van der Waals surface area contributed by atoms with Gasteiger partial charge in [0.25, 0.3) is 0 Å². The van der Waals surface area contributed by atoms with Gasteiger partial charge in [-0.15, -0.1) is 0 Å². The summed E-state index contributed by atoms with van der Waals surface area (Å²) in [6.45, 7) is 1.84. The van der Waals surface area contributed by atoms with Crippen LogP contribution in [0.25, 0.3) is 5.41 Å². The van der Waals surface area contributed by atoms with Gasteiger partial charge < -0.3 is 5.41 Å². The second-order valence-corrected chi connectivity index (χ2v) is 3.71. The van der Waals surface area contributed by atoms with Crippen molar-refractivity contribution in [1.29, 1.82) is 5.26 Å². The van der Waals surface area contributed by atoms with E-state index in [4.69, 9.17) is 10.7 Å². The average Bonchev–Trinajstić information content (AvgIpc) is 2.75. The highest BCUT2D eigenvalue weighted by atomic mass is 15.6. The number of rotatable bonds is 2. The third kappa shape index (κ3) is 1.94. The Balaban J connectivity index is 2.39. The third-order valence-corrected chi connectivity index (χ3v) is 2.61. The summed E-state index contributed by atoms with van der Waals surface area (Å²) in [5, 5.41) is 27.6. The van der Waals surface area contributed by atoms with Gasteiger partial charge >= 0.3 is 0 Å². The molecule has 0 unspecified atom stereocenters. The zero-order valence-electron chi connectivity index (χ0n) is 9.28. The molecule has 2 atom stereocenters. The molecule has 0 saturated carbocycles. The molecule has 5 heteroatoms. The molecule has 1 aliphatic rings. The fourth-order valence-corrected chi connectivity index (χ4v) is 1.77. The zero-order valence-corrected chi connectivity index (χ0v) is 9.28. The summed E-state index contributed by atoms with van der Waals surface area (Å²) in [7, 11) is 0. The van der Waals surface area contributed by atoms with Crippen molar-refractivity contribution in [3.63, 3.8) is 0 Å². The summed E-state index contributed by atoms with van der Waals surface area (Å²) >= 11 is 0. The minimum Gasteiger partial charge on any atom is -0.762 e. The summed E-state index contributed by atoms with van der Waals surface area (Å²) < 4.78 is 0. The molecule has 0 aromatic heterocycles. The lowest BCUT2D eigenvalue weighted by Crippen LogP contribution is -2.35. The number of hydrogen-bond acceptors (Lipinski definition) is 4. The number of hydrogen-bond donors (Lipinski definition) is 0. The normalized spacial score (nSPS) is 22.0. The van der Waals surface area contributed by atoms with Crippen LogP contribution in [0.15, 0.2) is 46.2 Å². The summed E-state index contributed by atoms with van der Waals surface area (Å²) in [6.07, 6.45) is 0. The molecule has 1 aliphatic heterocycles. The van der Waals surface area contributed by atoms with Gasteiger partial charge in [0.1, 0.15) is 12.1 Å². The molecule has 5 nitrogen and oxygen atoms in total. The molecule has 0 fully saturated rings. The maximum atomic E-state index is 8.95. The molecule has 0 aliphatic carbocycles. The van der Waals surface area contributed by atoms with Gasteiger partial charge in [0.15, 0.2) is 0 Å². The second kappa shape index (κ2) is 4.60. The first-order valence-electron chi connectivity index (χ1n) is 5.20. The summed E-state index contributed by atoms with van der Waals surface area (Å²) in [4.78, 5) is 0. The molecule has 17 heavy (non-hydrogen) atoms. The van der Waals surface area contributed by atoms with Gasteiger partial charge in [-0.1, -0.05) is 23.4 Å². The molecule has 1 heterocycles. The second-order valence-electron chi connectivity index (χ2n) is 3.71. The molecular weight excluding hydrogens is 214 g/mol. The number of nitrogens with zero attached hydrogens (tertiary/aromatic N) is 5. The van der Waals surface area contributed by atoms with E-state index >= 15 is 0 Å². The quantitative estimate of drug-likeness (QED) is 0.571. The van der Waals surface area contributed by atoms with Crippen LogP contribution in [-0.2, 0) is 0 Å². The summed E-state index contributed by atoms with van der Waals surface area (Å²) in [5.74, 6) is 1.92. The lowest BCUT2D eigenvalue weighted by molar-refractivity contribution is 0.672. The third-order valence-electron chi connectivity index (χ3n) is 2.61. The fourth-order valence-electron chi connectivity index (χ4n) is 1.77. The predicted octanol–water partition coefficient (Wildman–Crippen LogP) is 2.32. The smallest absolute Gasteiger partial charge is 0.118 e. The highest BCUT2D eigenvalue weighted by molar-refractivity contribution is 5.70.